The van der Waals surface area contributed by atoms with Crippen molar-refractivity contribution in [2.24, 2.45) is 5.73 Å². The number of nitrogens with one attached hydrogen (secondary N) is 1. The van der Waals surface area contributed by atoms with E-state index in [4.69, 9.17) is 22.7 Å². The molecule has 0 amide bonds. The molecule has 0 aliphatic heterocycles. The lowest BCUT2D eigenvalue weighted by Gasteiger charge is -2.08. The first kappa shape index (κ1) is 14.0. The molecule has 0 aliphatic rings. The lowest BCUT2D eigenvalue weighted by atomic mass is 10.1. The maximum atomic E-state index is 7.42. The molecule has 0 aliphatic carbocycles. The van der Waals surface area contributed by atoms with Crippen LogP contribution in [-0.2, 0) is 5.75 Å². The second kappa shape index (κ2) is 6.13. The number of rotatable bonds is 4. The van der Waals surface area contributed by atoms with Gasteiger partial charge in [-0.25, -0.2) is 0 Å². The van der Waals surface area contributed by atoms with Gasteiger partial charge in [0.1, 0.15) is 5.84 Å². The van der Waals surface area contributed by atoms with Gasteiger partial charge < -0.3 is 5.73 Å². The van der Waals surface area contributed by atoms with E-state index in [-0.39, 0.29) is 5.84 Å². The Morgan fingerprint density at radius 3 is 2.47 bits per heavy atom. The van der Waals surface area contributed by atoms with Crippen molar-refractivity contribution < 1.29 is 0 Å². The van der Waals surface area contributed by atoms with Crippen LogP contribution in [0.15, 0.2) is 47.4 Å². The zero-order chi connectivity index (χ0) is 13.8. The number of benzene rings is 2. The summed E-state index contributed by atoms with van der Waals surface area (Å²) in [6.45, 7) is 2.05. The van der Waals surface area contributed by atoms with E-state index in [1.165, 1.54) is 10.5 Å². The molecule has 2 aromatic rings. The maximum Gasteiger partial charge on any atom is 0.122 e. The minimum atomic E-state index is 0.111. The summed E-state index contributed by atoms with van der Waals surface area (Å²) in [5.74, 6) is 1.01. The quantitative estimate of drug-likeness (QED) is 0.503. The molecule has 0 fully saturated rings. The fourth-order valence-electron chi connectivity index (χ4n) is 1.72. The molecule has 0 atom stereocenters. The monoisotopic (exact) mass is 290 g/mol. The molecule has 0 bridgehead atoms. The highest BCUT2D eigenvalue weighted by atomic mass is 35.5. The van der Waals surface area contributed by atoms with Gasteiger partial charge in [-0.3, -0.25) is 5.41 Å². The number of amidine groups is 1. The van der Waals surface area contributed by atoms with Crippen LogP contribution < -0.4 is 5.73 Å². The fourth-order valence-corrected chi connectivity index (χ4v) is 2.82. The minimum absolute atomic E-state index is 0.111. The predicted molar refractivity (Wildman–Crippen MR) is 83.2 cm³/mol. The zero-order valence-corrected chi connectivity index (χ0v) is 12.2. The molecule has 0 radical (unpaired) electrons. The predicted octanol–water partition coefficient (Wildman–Crippen LogP) is 4.22. The molecule has 0 aromatic heterocycles. The van der Waals surface area contributed by atoms with E-state index >= 15 is 0 Å². The molecule has 2 rings (SSSR count). The highest BCUT2D eigenvalue weighted by molar-refractivity contribution is 7.98. The molecule has 0 heterocycles. The van der Waals surface area contributed by atoms with Crippen molar-refractivity contribution >= 4 is 29.2 Å². The molecular formula is C15H15ClN2S. The van der Waals surface area contributed by atoms with Crippen molar-refractivity contribution in [3.63, 3.8) is 0 Å². The van der Waals surface area contributed by atoms with Gasteiger partial charge in [0.2, 0.25) is 0 Å². The Morgan fingerprint density at radius 1 is 1.21 bits per heavy atom. The van der Waals surface area contributed by atoms with Crippen molar-refractivity contribution in [3.05, 3.63) is 64.2 Å². The maximum absolute atomic E-state index is 7.42. The SMILES string of the molecule is Cc1cc(C(=N)N)ccc1CSc1ccc(Cl)cc1. The third-order valence-corrected chi connectivity index (χ3v) is 4.17. The first-order valence-corrected chi connectivity index (χ1v) is 7.25. The topological polar surface area (TPSA) is 49.9 Å². The molecule has 2 nitrogen and oxygen atoms in total. The van der Waals surface area contributed by atoms with E-state index < -0.39 is 0 Å². The molecule has 0 saturated heterocycles. The van der Waals surface area contributed by atoms with Crippen LogP contribution in [0.1, 0.15) is 16.7 Å². The summed E-state index contributed by atoms with van der Waals surface area (Å²) in [5, 5.41) is 8.18. The van der Waals surface area contributed by atoms with Gasteiger partial charge in [-0.05, 0) is 48.4 Å². The van der Waals surface area contributed by atoms with Gasteiger partial charge >= 0.3 is 0 Å². The molecule has 3 N–H and O–H groups in total. The van der Waals surface area contributed by atoms with Crippen LogP contribution in [0.3, 0.4) is 0 Å². The first-order chi connectivity index (χ1) is 9.06. The highest BCUT2D eigenvalue weighted by Gasteiger charge is 2.03. The van der Waals surface area contributed by atoms with Crippen LogP contribution in [-0.4, -0.2) is 5.84 Å². The summed E-state index contributed by atoms with van der Waals surface area (Å²) >= 11 is 7.63. The number of hydrogen-bond donors (Lipinski definition) is 2. The lowest BCUT2D eigenvalue weighted by Crippen LogP contribution is -2.11. The van der Waals surface area contributed by atoms with E-state index in [0.29, 0.717) is 0 Å². The van der Waals surface area contributed by atoms with Gasteiger partial charge in [0.05, 0.1) is 0 Å². The Kier molecular flexibility index (Phi) is 4.51. The van der Waals surface area contributed by atoms with E-state index in [2.05, 4.69) is 0 Å². The lowest BCUT2D eigenvalue weighted by molar-refractivity contribution is 1.28. The highest BCUT2D eigenvalue weighted by Crippen LogP contribution is 2.25. The summed E-state index contributed by atoms with van der Waals surface area (Å²) in [6, 6.07) is 13.7. The molecule has 2 aromatic carbocycles. The summed E-state index contributed by atoms with van der Waals surface area (Å²) < 4.78 is 0. The summed E-state index contributed by atoms with van der Waals surface area (Å²) in [6.07, 6.45) is 0. The van der Waals surface area contributed by atoms with Crippen molar-refractivity contribution in [2.45, 2.75) is 17.6 Å². The van der Waals surface area contributed by atoms with Crippen molar-refractivity contribution in [1.82, 2.24) is 0 Å². The second-order valence-electron chi connectivity index (χ2n) is 4.30. The van der Waals surface area contributed by atoms with E-state index in [9.17, 15) is 0 Å². The number of thioether (sulfide) groups is 1. The van der Waals surface area contributed by atoms with Gasteiger partial charge in [-0.15, -0.1) is 11.8 Å². The first-order valence-electron chi connectivity index (χ1n) is 5.88. The Balaban J connectivity index is 2.07. The molecule has 0 spiro atoms. The fraction of sp³-hybridized carbons (Fsp3) is 0.133. The average molecular weight is 291 g/mol. The Labute approximate surface area is 122 Å². The van der Waals surface area contributed by atoms with Crippen LogP contribution in [0, 0.1) is 12.3 Å². The smallest absolute Gasteiger partial charge is 0.122 e. The Morgan fingerprint density at radius 2 is 1.89 bits per heavy atom. The number of hydrogen-bond acceptors (Lipinski definition) is 2. The zero-order valence-electron chi connectivity index (χ0n) is 10.6. The van der Waals surface area contributed by atoms with Crippen molar-refractivity contribution in [3.8, 4) is 0 Å². The third-order valence-electron chi connectivity index (χ3n) is 2.86. The van der Waals surface area contributed by atoms with Crippen LogP contribution in [0.2, 0.25) is 5.02 Å². The molecule has 19 heavy (non-hydrogen) atoms. The van der Waals surface area contributed by atoms with Crippen molar-refractivity contribution in [1.29, 1.82) is 5.41 Å². The number of halogens is 1. The van der Waals surface area contributed by atoms with Crippen LogP contribution >= 0.6 is 23.4 Å². The van der Waals surface area contributed by atoms with Crippen LogP contribution in [0.4, 0.5) is 0 Å². The van der Waals surface area contributed by atoms with Gasteiger partial charge in [0.15, 0.2) is 0 Å². The van der Waals surface area contributed by atoms with Crippen molar-refractivity contribution in [2.75, 3.05) is 0 Å². The number of aryl methyl sites for hydroxylation is 1. The normalized spacial score (nSPS) is 10.4. The van der Waals surface area contributed by atoms with E-state index in [0.717, 1.165) is 21.9 Å². The van der Waals surface area contributed by atoms with Gasteiger partial charge in [-0.2, -0.15) is 0 Å². The van der Waals surface area contributed by atoms with Crippen LogP contribution in [0.25, 0.3) is 0 Å². The van der Waals surface area contributed by atoms with Gasteiger partial charge in [0, 0.05) is 21.2 Å². The Bertz CT molecular complexity index is 594. The second-order valence-corrected chi connectivity index (χ2v) is 5.78. The minimum Gasteiger partial charge on any atom is -0.384 e. The molecular weight excluding hydrogens is 276 g/mol. The number of nitrogens with two attached hydrogens (primary N) is 1. The van der Waals surface area contributed by atoms with Crippen LogP contribution in [0.5, 0.6) is 0 Å². The summed E-state index contributed by atoms with van der Waals surface area (Å²) in [5.41, 5.74) is 8.67. The average Bonchev–Trinajstić information content (AvgIpc) is 2.39. The van der Waals surface area contributed by atoms with Gasteiger partial charge in [-0.1, -0.05) is 23.7 Å². The van der Waals surface area contributed by atoms with E-state index in [1.54, 1.807) is 11.8 Å². The summed E-state index contributed by atoms with van der Waals surface area (Å²) in [7, 11) is 0. The molecule has 0 saturated carbocycles. The third kappa shape index (κ3) is 3.75. The Hall–Kier alpha value is -1.45. The molecule has 98 valence electrons. The number of nitrogen functional groups attached to an aromatic ring is 1. The van der Waals surface area contributed by atoms with E-state index in [1.807, 2.05) is 49.4 Å². The standard InChI is InChI=1S/C15H15ClN2S/c1-10-8-11(15(17)18)2-3-12(10)9-19-14-6-4-13(16)5-7-14/h2-8H,9H2,1H3,(H3,17,18). The summed E-state index contributed by atoms with van der Waals surface area (Å²) in [4.78, 5) is 1.19. The van der Waals surface area contributed by atoms with Gasteiger partial charge in [0.25, 0.3) is 0 Å². The molecule has 0 unspecified atom stereocenters. The largest absolute Gasteiger partial charge is 0.384 e. The molecule has 4 heteroatoms.